The van der Waals surface area contributed by atoms with E-state index in [0.29, 0.717) is 0 Å². The molecule has 0 spiro atoms. The van der Waals surface area contributed by atoms with Crippen molar-refractivity contribution >= 4 is 0 Å². The quantitative estimate of drug-likeness (QED) is 0.553. The van der Waals surface area contributed by atoms with Gasteiger partial charge in [-0.1, -0.05) is 6.42 Å². The van der Waals surface area contributed by atoms with E-state index in [2.05, 4.69) is 0 Å². The lowest BCUT2D eigenvalue weighted by Crippen LogP contribution is -2.13. The van der Waals surface area contributed by atoms with Gasteiger partial charge < -0.3 is 9.47 Å². The van der Waals surface area contributed by atoms with Gasteiger partial charge in [-0.3, -0.25) is 0 Å². The fourth-order valence-corrected chi connectivity index (χ4v) is 1.82. The van der Waals surface area contributed by atoms with Crippen molar-refractivity contribution in [1.29, 1.82) is 0 Å². The van der Waals surface area contributed by atoms with E-state index in [4.69, 9.17) is 9.47 Å². The molecule has 0 radical (unpaired) electrons. The van der Waals surface area contributed by atoms with Gasteiger partial charge in [-0.2, -0.15) is 0 Å². The van der Waals surface area contributed by atoms with Gasteiger partial charge in [0.05, 0.1) is 13.2 Å². The molecule has 1 aliphatic heterocycles. The first-order valence-corrected chi connectivity index (χ1v) is 4.94. The molecule has 1 aliphatic carbocycles. The van der Waals surface area contributed by atoms with Gasteiger partial charge in [0.25, 0.3) is 5.95 Å². The molecular formula is C10H16O2. The molecule has 0 N–H and O–H groups in total. The first-order valence-electron chi connectivity index (χ1n) is 4.94. The molecular weight excluding hydrogens is 152 g/mol. The molecule has 2 aliphatic rings. The van der Waals surface area contributed by atoms with Crippen LogP contribution in [0.3, 0.4) is 0 Å². The molecule has 0 aromatic heterocycles. The molecule has 2 rings (SSSR count). The Kier molecular flexibility index (Phi) is 2.54. The monoisotopic (exact) mass is 168 g/mol. The van der Waals surface area contributed by atoms with Crippen LogP contribution in [0.4, 0.5) is 0 Å². The summed E-state index contributed by atoms with van der Waals surface area (Å²) in [5, 5.41) is 0. The van der Waals surface area contributed by atoms with E-state index >= 15 is 0 Å². The van der Waals surface area contributed by atoms with E-state index in [1.165, 1.54) is 37.7 Å². The highest BCUT2D eigenvalue weighted by Gasteiger charge is 2.16. The van der Waals surface area contributed by atoms with Crippen molar-refractivity contribution in [2.45, 2.75) is 38.5 Å². The zero-order valence-electron chi connectivity index (χ0n) is 7.47. The Balaban J connectivity index is 2.00. The summed E-state index contributed by atoms with van der Waals surface area (Å²) in [6.07, 6.45) is 7.41. The van der Waals surface area contributed by atoms with E-state index in [1.807, 2.05) is 0 Å². The van der Waals surface area contributed by atoms with E-state index < -0.39 is 0 Å². The summed E-state index contributed by atoms with van der Waals surface area (Å²) >= 11 is 0. The lowest BCUT2D eigenvalue weighted by molar-refractivity contribution is -0.0190. The Morgan fingerprint density at radius 1 is 0.750 bits per heavy atom. The molecule has 0 bridgehead atoms. The maximum Gasteiger partial charge on any atom is 0.278 e. The third-order valence-electron chi connectivity index (χ3n) is 2.50. The van der Waals surface area contributed by atoms with Crippen LogP contribution in [-0.2, 0) is 9.47 Å². The van der Waals surface area contributed by atoms with Gasteiger partial charge in [-0.05, 0) is 25.7 Å². The lowest BCUT2D eigenvalue weighted by atomic mass is 9.95. The summed E-state index contributed by atoms with van der Waals surface area (Å²) in [5.41, 5.74) is 1.42. The fraction of sp³-hybridized carbons (Fsp3) is 0.800. The van der Waals surface area contributed by atoms with Crippen LogP contribution in [0.25, 0.3) is 0 Å². The second-order valence-electron chi connectivity index (χ2n) is 3.50. The summed E-state index contributed by atoms with van der Waals surface area (Å²) < 4.78 is 10.9. The zero-order chi connectivity index (χ0) is 8.23. The fourth-order valence-electron chi connectivity index (χ4n) is 1.82. The Labute approximate surface area is 73.5 Å². The second-order valence-corrected chi connectivity index (χ2v) is 3.50. The Morgan fingerprint density at radius 3 is 2.08 bits per heavy atom. The van der Waals surface area contributed by atoms with Crippen LogP contribution in [0.15, 0.2) is 11.5 Å². The van der Waals surface area contributed by atoms with E-state index in [9.17, 15) is 0 Å². The highest BCUT2D eigenvalue weighted by Crippen LogP contribution is 2.27. The van der Waals surface area contributed by atoms with Gasteiger partial charge in [0, 0.05) is 12.0 Å². The minimum atomic E-state index is 0.846. The lowest BCUT2D eigenvalue weighted by Gasteiger charge is -2.22. The highest BCUT2D eigenvalue weighted by atomic mass is 16.7. The number of allylic oxidation sites excluding steroid dienone is 1. The number of ether oxygens (including phenoxy) is 2. The molecule has 12 heavy (non-hydrogen) atoms. The summed E-state index contributed by atoms with van der Waals surface area (Å²) in [7, 11) is 0. The van der Waals surface area contributed by atoms with E-state index in [0.717, 1.165) is 25.6 Å². The van der Waals surface area contributed by atoms with Crippen LogP contribution >= 0.6 is 0 Å². The van der Waals surface area contributed by atoms with Crippen LogP contribution in [-0.4, -0.2) is 13.2 Å². The predicted molar refractivity (Wildman–Crippen MR) is 46.6 cm³/mol. The van der Waals surface area contributed by atoms with Crippen molar-refractivity contribution in [3.8, 4) is 0 Å². The minimum absolute atomic E-state index is 0.846. The third kappa shape index (κ3) is 1.74. The second kappa shape index (κ2) is 3.83. The molecule has 1 saturated heterocycles. The predicted octanol–water partition coefficient (Wildman–Crippen LogP) is 2.60. The normalized spacial score (nSPS) is 24.7. The van der Waals surface area contributed by atoms with Crippen molar-refractivity contribution in [3.63, 3.8) is 0 Å². The van der Waals surface area contributed by atoms with E-state index in [-0.39, 0.29) is 0 Å². The smallest absolute Gasteiger partial charge is 0.278 e. The van der Waals surface area contributed by atoms with E-state index in [1.54, 1.807) is 0 Å². The number of hydrogen-bond donors (Lipinski definition) is 0. The van der Waals surface area contributed by atoms with Crippen LogP contribution in [0.5, 0.6) is 0 Å². The maximum atomic E-state index is 5.47. The topological polar surface area (TPSA) is 18.5 Å². The van der Waals surface area contributed by atoms with Crippen LogP contribution < -0.4 is 0 Å². The van der Waals surface area contributed by atoms with Gasteiger partial charge in [0.1, 0.15) is 0 Å². The summed E-state index contributed by atoms with van der Waals surface area (Å²) in [6, 6.07) is 0. The van der Waals surface area contributed by atoms with Crippen LogP contribution in [0, 0.1) is 0 Å². The average Bonchev–Trinajstić information content (AvgIpc) is 2.21. The van der Waals surface area contributed by atoms with Gasteiger partial charge in [0.2, 0.25) is 0 Å². The van der Waals surface area contributed by atoms with Crippen molar-refractivity contribution in [1.82, 2.24) is 0 Å². The Hall–Kier alpha value is -0.660. The van der Waals surface area contributed by atoms with Gasteiger partial charge in [0.15, 0.2) is 0 Å². The summed E-state index contributed by atoms with van der Waals surface area (Å²) in [6.45, 7) is 1.69. The number of hydrogen-bond acceptors (Lipinski definition) is 2. The summed E-state index contributed by atoms with van der Waals surface area (Å²) in [4.78, 5) is 0. The molecule has 68 valence electrons. The maximum absolute atomic E-state index is 5.47. The molecule has 1 saturated carbocycles. The van der Waals surface area contributed by atoms with Crippen LogP contribution in [0.2, 0.25) is 0 Å². The Bertz CT molecular complexity index is 148. The molecule has 1 heterocycles. The largest absolute Gasteiger partial charge is 0.465 e. The highest BCUT2D eigenvalue weighted by molar-refractivity contribution is 5.06. The van der Waals surface area contributed by atoms with Crippen LogP contribution in [0.1, 0.15) is 38.5 Å². The summed E-state index contributed by atoms with van der Waals surface area (Å²) in [5.74, 6) is 0.862. The first-order chi connectivity index (χ1) is 5.97. The third-order valence-corrected chi connectivity index (χ3v) is 2.50. The minimum Gasteiger partial charge on any atom is -0.465 e. The standard InChI is InChI=1S/C10H16O2/c1-2-5-9(6-3-1)10-11-7-4-8-12-10/h1-8H2. The molecule has 0 aromatic rings. The molecule has 0 unspecified atom stereocenters. The van der Waals surface area contributed by atoms with Crippen molar-refractivity contribution in [3.05, 3.63) is 11.5 Å². The van der Waals surface area contributed by atoms with Gasteiger partial charge in [-0.25, -0.2) is 0 Å². The SMILES string of the molecule is C1CCC(=C2OCCCO2)CC1. The average molecular weight is 168 g/mol. The van der Waals surface area contributed by atoms with Crippen molar-refractivity contribution in [2.24, 2.45) is 0 Å². The Morgan fingerprint density at radius 2 is 1.42 bits per heavy atom. The van der Waals surface area contributed by atoms with Gasteiger partial charge in [-0.15, -0.1) is 0 Å². The number of rotatable bonds is 0. The first kappa shape index (κ1) is 7.96. The molecule has 2 nitrogen and oxygen atoms in total. The van der Waals surface area contributed by atoms with Crippen molar-refractivity contribution in [2.75, 3.05) is 13.2 Å². The molecule has 2 fully saturated rings. The molecule has 2 heteroatoms. The van der Waals surface area contributed by atoms with Crippen molar-refractivity contribution < 1.29 is 9.47 Å². The molecule has 0 atom stereocenters. The molecule has 0 aromatic carbocycles. The zero-order valence-corrected chi connectivity index (χ0v) is 7.47. The molecule has 0 amide bonds. The van der Waals surface area contributed by atoms with Gasteiger partial charge >= 0.3 is 0 Å².